The molecular weight excluding hydrogens is 385 g/mol. The molecule has 1 aromatic carbocycles. The minimum absolute atomic E-state index is 0.00380. The van der Waals surface area contributed by atoms with Gasteiger partial charge in [-0.2, -0.15) is 0 Å². The van der Waals surface area contributed by atoms with Gasteiger partial charge in [-0.05, 0) is 54.6 Å². The second-order valence-electron chi connectivity index (χ2n) is 5.14. The van der Waals surface area contributed by atoms with Crippen LogP contribution >= 0.6 is 22.6 Å². The molecule has 0 unspecified atom stereocenters. The number of hydrogen-bond donors (Lipinski definition) is 0. The van der Waals surface area contributed by atoms with Gasteiger partial charge in [0.15, 0.2) is 6.61 Å². The molecule has 0 radical (unpaired) electrons. The first-order valence-electron chi connectivity index (χ1n) is 6.81. The van der Waals surface area contributed by atoms with Crippen LogP contribution in [0.3, 0.4) is 0 Å². The molecule has 0 N–H and O–H groups in total. The molecule has 2 rings (SSSR count). The largest absolute Gasteiger partial charge is 0.452 e. The van der Waals surface area contributed by atoms with Crippen LogP contribution in [0.2, 0.25) is 0 Å². The number of hydrogen-bond acceptors (Lipinski definition) is 4. The quantitative estimate of drug-likeness (QED) is 0.573. The second kappa shape index (κ2) is 7.22. The average Bonchev–Trinajstić information content (AvgIpc) is 2.43. The summed E-state index contributed by atoms with van der Waals surface area (Å²) in [6.45, 7) is 4.68. The third-order valence-electron chi connectivity index (χ3n) is 3.16. The molecule has 1 amide bonds. The molecule has 114 valence electrons. The number of carbonyl (C=O) groups is 2. The normalized spacial score (nSPS) is 22.0. The lowest BCUT2D eigenvalue weighted by molar-refractivity contribution is -0.146. The number of esters is 1. The van der Waals surface area contributed by atoms with Gasteiger partial charge < -0.3 is 14.4 Å². The van der Waals surface area contributed by atoms with Crippen LogP contribution in [0, 0.1) is 3.57 Å². The van der Waals surface area contributed by atoms with Gasteiger partial charge >= 0.3 is 5.97 Å². The van der Waals surface area contributed by atoms with E-state index in [1.807, 2.05) is 19.9 Å². The minimum Gasteiger partial charge on any atom is -0.452 e. The highest BCUT2D eigenvalue weighted by Crippen LogP contribution is 2.12. The predicted molar refractivity (Wildman–Crippen MR) is 86.0 cm³/mol. The molecule has 1 aromatic rings. The Kier molecular flexibility index (Phi) is 5.58. The molecule has 0 spiro atoms. The number of rotatable bonds is 3. The fourth-order valence-corrected chi connectivity index (χ4v) is 2.84. The molecule has 1 saturated heterocycles. The van der Waals surface area contributed by atoms with Crippen molar-refractivity contribution in [2.24, 2.45) is 0 Å². The Balaban J connectivity index is 1.87. The Morgan fingerprint density at radius 3 is 2.62 bits per heavy atom. The monoisotopic (exact) mass is 403 g/mol. The molecule has 0 saturated carbocycles. The molecule has 5 nitrogen and oxygen atoms in total. The summed E-state index contributed by atoms with van der Waals surface area (Å²) >= 11 is 2.12. The van der Waals surface area contributed by atoms with Crippen molar-refractivity contribution in [1.29, 1.82) is 0 Å². The molecule has 2 atom stereocenters. The zero-order valence-electron chi connectivity index (χ0n) is 12.0. The first-order valence-corrected chi connectivity index (χ1v) is 7.89. The van der Waals surface area contributed by atoms with Crippen molar-refractivity contribution in [1.82, 2.24) is 4.90 Å². The predicted octanol–water partition coefficient (Wildman–Crippen LogP) is 2.08. The van der Waals surface area contributed by atoms with Crippen molar-refractivity contribution in [3.63, 3.8) is 0 Å². The van der Waals surface area contributed by atoms with Crippen molar-refractivity contribution in [2.45, 2.75) is 26.1 Å². The van der Waals surface area contributed by atoms with E-state index in [2.05, 4.69) is 22.6 Å². The van der Waals surface area contributed by atoms with E-state index in [1.54, 1.807) is 23.1 Å². The summed E-state index contributed by atoms with van der Waals surface area (Å²) < 4.78 is 11.6. The van der Waals surface area contributed by atoms with Crippen LogP contribution < -0.4 is 0 Å². The number of nitrogens with zero attached hydrogens (tertiary/aromatic N) is 1. The lowest BCUT2D eigenvalue weighted by atomic mass is 10.2. The minimum atomic E-state index is -0.476. The van der Waals surface area contributed by atoms with Crippen LogP contribution in [0.25, 0.3) is 0 Å². The van der Waals surface area contributed by atoms with Crippen molar-refractivity contribution in [3.8, 4) is 0 Å². The van der Waals surface area contributed by atoms with E-state index >= 15 is 0 Å². The Hall–Kier alpha value is -1.15. The maximum absolute atomic E-state index is 12.1. The SMILES string of the molecule is C[C@@H]1CN(C(=O)COC(=O)c2cccc(I)c2)C[C@H](C)O1. The van der Waals surface area contributed by atoms with E-state index in [4.69, 9.17) is 9.47 Å². The van der Waals surface area contributed by atoms with Crippen molar-refractivity contribution < 1.29 is 19.1 Å². The molecular formula is C15H18INO4. The van der Waals surface area contributed by atoms with Crippen LogP contribution in [0.4, 0.5) is 0 Å². The highest BCUT2D eigenvalue weighted by molar-refractivity contribution is 14.1. The molecule has 1 heterocycles. The Morgan fingerprint density at radius 1 is 1.33 bits per heavy atom. The fraction of sp³-hybridized carbons (Fsp3) is 0.467. The van der Waals surface area contributed by atoms with E-state index in [0.29, 0.717) is 18.7 Å². The summed E-state index contributed by atoms with van der Waals surface area (Å²) in [5, 5.41) is 0. The van der Waals surface area contributed by atoms with Crippen LogP contribution in [0.5, 0.6) is 0 Å². The van der Waals surface area contributed by atoms with Gasteiger partial charge in [-0.3, -0.25) is 4.79 Å². The van der Waals surface area contributed by atoms with Gasteiger partial charge in [0.2, 0.25) is 0 Å². The van der Waals surface area contributed by atoms with Gasteiger partial charge in [-0.1, -0.05) is 6.07 Å². The summed E-state index contributed by atoms with van der Waals surface area (Å²) in [6.07, 6.45) is 0.00760. The van der Waals surface area contributed by atoms with Crippen LogP contribution in [0.1, 0.15) is 24.2 Å². The third-order valence-corrected chi connectivity index (χ3v) is 3.83. The maximum atomic E-state index is 12.1. The number of carbonyl (C=O) groups excluding carboxylic acids is 2. The summed E-state index contributed by atoms with van der Waals surface area (Å²) in [4.78, 5) is 25.7. The first kappa shape index (κ1) is 16.2. The van der Waals surface area contributed by atoms with Crippen molar-refractivity contribution in [2.75, 3.05) is 19.7 Å². The molecule has 0 aliphatic carbocycles. The van der Waals surface area contributed by atoms with Crippen LogP contribution in [-0.4, -0.2) is 48.7 Å². The molecule has 0 bridgehead atoms. The lowest BCUT2D eigenvalue weighted by Gasteiger charge is -2.35. The lowest BCUT2D eigenvalue weighted by Crippen LogP contribution is -2.49. The van der Waals surface area contributed by atoms with Gasteiger partial charge in [-0.15, -0.1) is 0 Å². The zero-order chi connectivity index (χ0) is 15.4. The first-order chi connectivity index (χ1) is 9.95. The number of benzene rings is 1. The fourth-order valence-electron chi connectivity index (χ4n) is 2.30. The molecule has 0 aromatic heterocycles. The average molecular weight is 403 g/mol. The third kappa shape index (κ3) is 4.67. The van der Waals surface area contributed by atoms with Crippen molar-refractivity contribution in [3.05, 3.63) is 33.4 Å². The van der Waals surface area contributed by atoms with Gasteiger partial charge in [0.25, 0.3) is 5.91 Å². The second-order valence-corrected chi connectivity index (χ2v) is 6.39. The standard InChI is InChI=1S/C15H18INO4/c1-10-7-17(8-11(2)21-10)14(18)9-20-15(19)12-4-3-5-13(16)6-12/h3-6,10-11H,7-9H2,1-2H3/t10-,11+. The number of halogens is 1. The van der Waals surface area contributed by atoms with E-state index in [9.17, 15) is 9.59 Å². The summed E-state index contributed by atoms with van der Waals surface area (Å²) in [5.41, 5.74) is 0.457. The van der Waals surface area contributed by atoms with E-state index in [0.717, 1.165) is 3.57 Å². The molecule has 6 heteroatoms. The molecule has 1 fully saturated rings. The Labute approximate surface area is 137 Å². The maximum Gasteiger partial charge on any atom is 0.338 e. The number of ether oxygens (including phenoxy) is 2. The molecule has 1 aliphatic heterocycles. The van der Waals surface area contributed by atoms with E-state index in [-0.39, 0.29) is 24.7 Å². The molecule has 21 heavy (non-hydrogen) atoms. The van der Waals surface area contributed by atoms with Crippen LogP contribution in [-0.2, 0) is 14.3 Å². The highest BCUT2D eigenvalue weighted by atomic mass is 127. The van der Waals surface area contributed by atoms with Crippen molar-refractivity contribution >= 4 is 34.5 Å². The smallest absolute Gasteiger partial charge is 0.338 e. The summed E-state index contributed by atoms with van der Waals surface area (Å²) in [6, 6.07) is 7.07. The Morgan fingerprint density at radius 2 is 2.00 bits per heavy atom. The molecule has 1 aliphatic rings. The van der Waals surface area contributed by atoms with Gasteiger partial charge in [0, 0.05) is 16.7 Å². The van der Waals surface area contributed by atoms with E-state index < -0.39 is 5.97 Å². The Bertz CT molecular complexity index is 524. The summed E-state index contributed by atoms with van der Waals surface area (Å²) in [7, 11) is 0. The summed E-state index contributed by atoms with van der Waals surface area (Å²) in [5.74, 6) is -0.660. The number of amides is 1. The van der Waals surface area contributed by atoms with Gasteiger partial charge in [0.05, 0.1) is 17.8 Å². The zero-order valence-corrected chi connectivity index (χ0v) is 14.2. The topological polar surface area (TPSA) is 55.8 Å². The van der Waals surface area contributed by atoms with E-state index in [1.165, 1.54) is 0 Å². The van der Waals surface area contributed by atoms with Crippen LogP contribution in [0.15, 0.2) is 24.3 Å². The highest BCUT2D eigenvalue weighted by Gasteiger charge is 2.26. The number of morpholine rings is 1. The van der Waals surface area contributed by atoms with Gasteiger partial charge in [-0.25, -0.2) is 4.79 Å². The van der Waals surface area contributed by atoms with Gasteiger partial charge in [0.1, 0.15) is 0 Å².